The molecule has 0 aromatic heterocycles. The van der Waals surface area contributed by atoms with Gasteiger partial charge in [-0.3, -0.25) is 10.7 Å². The van der Waals surface area contributed by atoms with Gasteiger partial charge >= 0.3 is 6.03 Å². The Hall–Kier alpha value is -2.50. The molecule has 6 nitrogen and oxygen atoms in total. The number of aromatic hydroxyl groups is 1. The Bertz CT molecular complexity index is 542. The second-order valence-electron chi connectivity index (χ2n) is 4.12. The lowest BCUT2D eigenvalue weighted by Gasteiger charge is -2.21. The summed E-state index contributed by atoms with van der Waals surface area (Å²) in [6.45, 7) is 3.92. The number of urea groups is 1. The zero-order valence-corrected chi connectivity index (χ0v) is 10.5. The number of amidine groups is 1. The molecule has 0 radical (unpaired) electrons. The minimum Gasteiger partial charge on any atom is -0.504 e. The van der Waals surface area contributed by atoms with Gasteiger partial charge in [0.1, 0.15) is 11.9 Å². The number of benzene rings is 1. The van der Waals surface area contributed by atoms with E-state index in [-0.39, 0.29) is 17.6 Å². The SMILES string of the molecule is C=CCN1C(=O)NC(=N)C1c1ccc(OC)c(O)c1. The van der Waals surface area contributed by atoms with E-state index in [9.17, 15) is 9.90 Å². The summed E-state index contributed by atoms with van der Waals surface area (Å²) in [4.78, 5) is 13.2. The lowest BCUT2D eigenvalue weighted by atomic mass is 10.0. The van der Waals surface area contributed by atoms with E-state index in [1.54, 1.807) is 18.2 Å². The number of carbonyl (C=O) groups is 1. The Morgan fingerprint density at radius 2 is 2.37 bits per heavy atom. The number of amides is 2. The van der Waals surface area contributed by atoms with E-state index in [0.29, 0.717) is 17.9 Å². The maximum atomic E-state index is 11.7. The van der Waals surface area contributed by atoms with Crippen LogP contribution >= 0.6 is 0 Å². The predicted molar refractivity (Wildman–Crippen MR) is 70.6 cm³/mol. The van der Waals surface area contributed by atoms with Gasteiger partial charge in [0.05, 0.1) is 7.11 Å². The molecule has 1 atom stereocenters. The summed E-state index contributed by atoms with van der Waals surface area (Å²) in [7, 11) is 1.46. The van der Waals surface area contributed by atoms with Gasteiger partial charge in [-0.2, -0.15) is 0 Å². The van der Waals surface area contributed by atoms with Crippen molar-refractivity contribution in [3.63, 3.8) is 0 Å². The molecule has 0 aliphatic carbocycles. The van der Waals surface area contributed by atoms with Crippen molar-refractivity contribution in [1.29, 1.82) is 5.41 Å². The van der Waals surface area contributed by atoms with Crippen molar-refractivity contribution in [1.82, 2.24) is 10.2 Å². The second kappa shape index (κ2) is 5.01. The number of hydrogen-bond donors (Lipinski definition) is 3. The first-order valence-corrected chi connectivity index (χ1v) is 5.72. The van der Waals surface area contributed by atoms with Gasteiger partial charge in [0.25, 0.3) is 0 Å². The molecule has 19 heavy (non-hydrogen) atoms. The molecule has 1 unspecified atom stereocenters. The quantitative estimate of drug-likeness (QED) is 0.720. The summed E-state index contributed by atoms with van der Waals surface area (Å²) in [6, 6.07) is 3.93. The molecule has 0 saturated carbocycles. The Labute approximate surface area is 110 Å². The fourth-order valence-corrected chi connectivity index (χ4v) is 2.08. The molecule has 1 heterocycles. The number of ether oxygens (including phenoxy) is 1. The van der Waals surface area contributed by atoms with Crippen LogP contribution in [-0.4, -0.2) is 35.5 Å². The molecule has 1 aliphatic rings. The molecular weight excluding hydrogens is 246 g/mol. The molecule has 1 fully saturated rings. The number of methoxy groups -OCH3 is 1. The van der Waals surface area contributed by atoms with E-state index in [4.69, 9.17) is 10.1 Å². The Kier molecular flexibility index (Phi) is 3.41. The van der Waals surface area contributed by atoms with Crippen LogP contribution in [0.5, 0.6) is 11.5 Å². The minimum atomic E-state index is -0.540. The van der Waals surface area contributed by atoms with Crippen LogP contribution in [0, 0.1) is 5.41 Å². The fourth-order valence-electron chi connectivity index (χ4n) is 2.08. The molecule has 3 N–H and O–H groups in total. The van der Waals surface area contributed by atoms with Crippen molar-refractivity contribution in [3.05, 3.63) is 36.4 Å². The van der Waals surface area contributed by atoms with Gasteiger partial charge in [-0.1, -0.05) is 12.1 Å². The number of nitrogens with zero attached hydrogens (tertiary/aromatic N) is 1. The maximum absolute atomic E-state index is 11.7. The lowest BCUT2D eigenvalue weighted by molar-refractivity contribution is 0.211. The average molecular weight is 261 g/mol. The van der Waals surface area contributed by atoms with Crippen molar-refractivity contribution in [2.45, 2.75) is 6.04 Å². The molecule has 1 aliphatic heterocycles. The second-order valence-corrected chi connectivity index (χ2v) is 4.12. The van der Waals surface area contributed by atoms with Gasteiger partial charge in [-0.15, -0.1) is 6.58 Å². The van der Waals surface area contributed by atoms with Crippen LogP contribution in [-0.2, 0) is 0 Å². The molecule has 1 aromatic carbocycles. The Morgan fingerprint density at radius 1 is 1.63 bits per heavy atom. The average Bonchev–Trinajstić information content (AvgIpc) is 2.65. The fraction of sp³-hybridized carbons (Fsp3) is 0.231. The first kappa shape index (κ1) is 12.9. The van der Waals surface area contributed by atoms with E-state index in [1.165, 1.54) is 18.1 Å². The van der Waals surface area contributed by atoms with E-state index >= 15 is 0 Å². The van der Waals surface area contributed by atoms with Crippen molar-refractivity contribution in [2.75, 3.05) is 13.7 Å². The summed E-state index contributed by atoms with van der Waals surface area (Å²) < 4.78 is 4.97. The van der Waals surface area contributed by atoms with E-state index in [2.05, 4.69) is 11.9 Å². The minimum absolute atomic E-state index is 0.0225. The first-order valence-electron chi connectivity index (χ1n) is 5.72. The maximum Gasteiger partial charge on any atom is 0.323 e. The number of hydrogen-bond acceptors (Lipinski definition) is 4. The van der Waals surface area contributed by atoms with Crippen molar-refractivity contribution < 1.29 is 14.6 Å². The summed E-state index contributed by atoms with van der Waals surface area (Å²) in [5, 5.41) is 20.1. The number of carbonyl (C=O) groups excluding carboxylic acids is 1. The van der Waals surface area contributed by atoms with Crippen LogP contribution in [0.15, 0.2) is 30.9 Å². The summed E-state index contributed by atoms with van der Waals surface area (Å²) >= 11 is 0. The van der Waals surface area contributed by atoms with E-state index in [0.717, 1.165) is 0 Å². The van der Waals surface area contributed by atoms with Gasteiger partial charge < -0.3 is 14.7 Å². The summed E-state index contributed by atoms with van der Waals surface area (Å²) in [6.07, 6.45) is 1.59. The highest BCUT2D eigenvalue weighted by molar-refractivity contribution is 6.06. The molecule has 1 aromatic rings. The molecule has 6 heteroatoms. The summed E-state index contributed by atoms with van der Waals surface area (Å²) in [5.74, 6) is 0.407. The van der Waals surface area contributed by atoms with Gasteiger partial charge in [0.2, 0.25) is 0 Å². The molecule has 100 valence electrons. The van der Waals surface area contributed by atoms with Crippen LogP contribution in [0.1, 0.15) is 11.6 Å². The monoisotopic (exact) mass is 261 g/mol. The van der Waals surface area contributed by atoms with Crippen LogP contribution in [0.25, 0.3) is 0 Å². The number of phenols is 1. The molecule has 2 amide bonds. The Morgan fingerprint density at radius 3 is 2.95 bits per heavy atom. The largest absolute Gasteiger partial charge is 0.504 e. The van der Waals surface area contributed by atoms with Crippen LogP contribution in [0.3, 0.4) is 0 Å². The number of rotatable bonds is 4. The third-order valence-corrected chi connectivity index (χ3v) is 2.93. The van der Waals surface area contributed by atoms with Gasteiger partial charge in [-0.25, -0.2) is 4.79 Å². The summed E-state index contributed by atoms with van der Waals surface area (Å²) in [5.41, 5.74) is 0.642. The van der Waals surface area contributed by atoms with Crippen molar-refractivity contribution >= 4 is 11.9 Å². The molecule has 2 rings (SSSR count). The van der Waals surface area contributed by atoms with E-state index < -0.39 is 6.04 Å². The van der Waals surface area contributed by atoms with Gasteiger partial charge in [0.15, 0.2) is 11.5 Å². The third kappa shape index (κ3) is 2.24. The standard InChI is InChI=1S/C13H15N3O3/c1-3-6-16-11(12(14)15-13(16)18)8-4-5-10(19-2)9(17)7-8/h3-5,7,11,17H,1,6H2,2H3,(H2,14,15,18). The number of phenolic OH excluding ortho intramolecular Hbond substituents is 1. The third-order valence-electron chi connectivity index (χ3n) is 2.93. The zero-order chi connectivity index (χ0) is 14.0. The van der Waals surface area contributed by atoms with Crippen LogP contribution in [0.4, 0.5) is 4.79 Å². The molecular formula is C13H15N3O3. The number of nitrogens with one attached hydrogen (secondary N) is 2. The first-order chi connectivity index (χ1) is 9.08. The zero-order valence-electron chi connectivity index (χ0n) is 10.5. The highest BCUT2D eigenvalue weighted by Gasteiger charge is 2.36. The molecule has 1 saturated heterocycles. The highest BCUT2D eigenvalue weighted by Crippen LogP contribution is 2.32. The van der Waals surface area contributed by atoms with Gasteiger partial charge in [-0.05, 0) is 17.7 Å². The molecule has 0 bridgehead atoms. The smallest absolute Gasteiger partial charge is 0.323 e. The molecule has 0 spiro atoms. The Balaban J connectivity index is 2.38. The predicted octanol–water partition coefficient (Wildman–Crippen LogP) is 1.63. The lowest BCUT2D eigenvalue weighted by Crippen LogP contribution is -2.29. The highest BCUT2D eigenvalue weighted by atomic mass is 16.5. The van der Waals surface area contributed by atoms with E-state index in [1.807, 2.05) is 0 Å². The topological polar surface area (TPSA) is 85.7 Å². The van der Waals surface area contributed by atoms with Crippen molar-refractivity contribution in [3.8, 4) is 11.5 Å². The van der Waals surface area contributed by atoms with Crippen molar-refractivity contribution in [2.24, 2.45) is 0 Å². The normalized spacial score (nSPS) is 18.4. The van der Waals surface area contributed by atoms with Crippen LogP contribution in [0.2, 0.25) is 0 Å². The van der Waals surface area contributed by atoms with Crippen LogP contribution < -0.4 is 10.1 Å². The van der Waals surface area contributed by atoms with Gasteiger partial charge in [0, 0.05) is 6.54 Å².